The van der Waals surface area contributed by atoms with E-state index in [0.717, 1.165) is 28.3 Å². The fraction of sp³-hybridized carbons (Fsp3) is 0. The van der Waals surface area contributed by atoms with E-state index in [-0.39, 0.29) is 0 Å². The molecule has 0 amide bonds. The van der Waals surface area contributed by atoms with Gasteiger partial charge in [0.2, 0.25) is 0 Å². The van der Waals surface area contributed by atoms with Gasteiger partial charge in [-0.25, -0.2) is 0 Å². The topological polar surface area (TPSA) is 32.9 Å². The lowest BCUT2D eigenvalue weighted by Gasteiger charge is -2.03. The Hall–Kier alpha value is -2.35. The fourth-order valence-electron chi connectivity index (χ4n) is 2.13. The van der Waals surface area contributed by atoms with Gasteiger partial charge in [-0.2, -0.15) is 0 Å². The number of aromatic amines is 1. The second-order valence-electron chi connectivity index (χ2n) is 3.96. The van der Waals surface area contributed by atoms with E-state index < -0.39 is 0 Å². The number of aldehydes is 1. The molecule has 17 heavy (non-hydrogen) atoms. The number of carbonyl (C=O) groups is 1. The first-order valence-electron chi connectivity index (χ1n) is 5.51. The normalized spacial score (nSPS) is 10.6. The molecule has 0 radical (unpaired) electrons. The lowest BCUT2D eigenvalue weighted by atomic mass is 10.0. The number of aromatic nitrogens is 1. The summed E-state index contributed by atoms with van der Waals surface area (Å²) in [5, 5.41) is 0.973. The highest BCUT2D eigenvalue weighted by atomic mass is 16.1. The third-order valence-corrected chi connectivity index (χ3v) is 2.96. The van der Waals surface area contributed by atoms with E-state index in [1.54, 1.807) is 6.20 Å². The van der Waals surface area contributed by atoms with Crippen molar-refractivity contribution in [2.75, 3.05) is 0 Å². The predicted octanol–water partition coefficient (Wildman–Crippen LogP) is 3.65. The van der Waals surface area contributed by atoms with E-state index in [0.29, 0.717) is 5.56 Å². The van der Waals surface area contributed by atoms with E-state index >= 15 is 0 Å². The van der Waals surface area contributed by atoms with Crippen LogP contribution in [0.15, 0.2) is 54.7 Å². The van der Waals surface area contributed by atoms with Crippen LogP contribution in [-0.4, -0.2) is 11.3 Å². The van der Waals surface area contributed by atoms with Crippen LogP contribution in [0, 0.1) is 0 Å². The highest BCUT2D eigenvalue weighted by Gasteiger charge is 2.07. The molecule has 82 valence electrons. The van der Waals surface area contributed by atoms with Crippen LogP contribution in [0.25, 0.3) is 22.0 Å². The zero-order valence-corrected chi connectivity index (χ0v) is 9.18. The summed E-state index contributed by atoms with van der Waals surface area (Å²) in [5.41, 5.74) is 3.99. The summed E-state index contributed by atoms with van der Waals surface area (Å²) in [4.78, 5) is 14.1. The third-order valence-electron chi connectivity index (χ3n) is 2.96. The monoisotopic (exact) mass is 221 g/mol. The maximum atomic E-state index is 10.9. The van der Waals surface area contributed by atoms with Gasteiger partial charge in [0.05, 0.1) is 5.52 Å². The van der Waals surface area contributed by atoms with Crippen LogP contribution in [0.2, 0.25) is 0 Å². The molecule has 0 saturated carbocycles. The molecular formula is C15H11NO. The predicted molar refractivity (Wildman–Crippen MR) is 69.1 cm³/mol. The number of hydrogen-bond donors (Lipinski definition) is 1. The molecule has 1 aromatic heterocycles. The first-order valence-corrected chi connectivity index (χ1v) is 5.51. The van der Waals surface area contributed by atoms with Crippen LogP contribution >= 0.6 is 0 Å². The minimum absolute atomic E-state index is 0.706. The molecule has 2 aromatic carbocycles. The van der Waals surface area contributed by atoms with Gasteiger partial charge in [0.15, 0.2) is 6.29 Å². The second kappa shape index (κ2) is 3.91. The van der Waals surface area contributed by atoms with E-state index in [1.165, 1.54) is 0 Å². The molecule has 0 spiro atoms. The summed E-state index contributed by atoms with van der Waals surface area (Å²) >= 11 is 0. The van der Waals surface area contributed by atoms with Crippen molar-refractivity contribution in [2.45, 2.75) is 0 Å². The quantitative estimate of drug-likeness (QED) is 0.658. The van der Waals surface area contributed by atoms with E-state index in [9.17, 15) is 4.79 Å². The molecule has 0 aliphatic heterocycles. The van der Waals surface area contributed by atoms with E-state index in [2.05, 4.69) is 23.2 Å². The molecule has 2 heteroatoms. The summed E-state index contributed by atoms with van der Waals surface area (Å²) in [6.45, 7) is 0. The van der Waals surface area contributed by atoms with Gasteiger partial charge >= 0.3 is 0 Å². The van der Waals surface area contributed by atoms with Gasteiger partial charge in [0, 0.05) is 22.7 Å². The van der Waals surface area contributed by atoms with Crippen molar-refractivity contribution in [1.82, 2.24) is 4.98 Å². The number of fused-ring (bicyclic) bond motifs is 1. The van der Waals surface area contributed by atoms with Gasteiger partial charge in [-0.05, 0) is 5.56 Å². The molecule has 1 heterocycles. The van der Waals surface area contributed by atoms with Crippen LogP contribution < -0.4 is 0 Å². The number of hydrogen-bond acceptors (Lipinski definition) is 1. The Morgan fingerprint density at radius 3 is 2.53 bits per heavy atom. The van der Waals surface area contributed by atoms with Crippen molar-refractivity contribution < 1.29 is 4.79 Å². The number of H-pyrrole nitrogens is 1. The SMILES string of the molecule is O=Cc1c[nH]c2c(-c3ccccc3)cccc12. The second-order valence-corrected chi connectivity index (χ2v) is 3.96. The number of para-hydroxylation sites is 1. The fourth-order valence-corrected chi connectivity index (χ4v) is 2.13. The molecule has 3 rings (SSSR count). The van der Waals surface area contributed by atoms with Gasteiger partial charge in [-0.15, -0.1) is 0 Å². The Morgan fingerprint density at radius 1 is 0.941 bits per heavy atom. The molecule has 0 bridgehead atoms. The standard InChI is InChI=1S/C15H11NO/c17-10-12-9-16-15-13(7-4-8-14(12)15)11-5-2-1-3-6-11/h1-10,16H. The maximum Gasteiger partial charge on any atom is 0.152 e. The Balaban J connectivity index is 2.31. The third kappa shape index (κ3) is 1.54. The molecule has 0 atom stereocenters. The van der Waals surface area contributed by atoms with Crippen LogP contribution in [-0.2, 0) is 0 Å². The van der Waals surface area contributed by atoms with E-state index in [4.69, 9.17) is 0 Å². The molecule has 1 N–H and O–H groups in total. The van der Waals surface area contributed by atoms with Crippen molar-refractivity contribution in [3.63, 3.8) is 0 Å². The van der Waals surface area contributed by atoms with Crippen LogP contribution in [0.5, 0.6) is 0 Å². The number of benzene rings is 2. The molecule has 2 nitrogen and oxygen atoms in total. The van der Waals surface area contributed by atoms with Crippen molar-refractivity contribution in [3.05, 3.63) is 60.3 Å². The van der Waals surface area contributed by atoms with Gasteiger partial charge in [0.25, 0.3) is 0 Å². The molecule has 0 unspecified atom stereocenters. The number of rotatable bonds is 2. The van der Waals surface area contributed by atoms with E-state index in [1.807, 2.05) is 30.3 Å². The summed E-state index contributed by atoms with van der Waals surface area (Å²) in [6.07, 6.45) is 2.64. The Morgan fingerprint density at radius 2 is 1.76 bits per heavy atom. The molecular weight excluding hydrogens is 210 g/mol. The highest BCUT2D eigenvalue weighted by molar-refractivity contribution is 6.03. The summed E-state index contributed by atoms with van der Waals surface area (Å²) < 4.78 is 0. The number of nitrogens with one attached hydrogen (secondary N) is 1. The summed E-state index contributed by atoms with van der Waals surface area (Å²) in [7, 11) is 0. The molecule has 0 aliphatic rings. The van der Waals surface area contributed by atoms with Crippen molar-refractivity contribution >= 4 is 17.2 Å². The highest BCUT2D eigenvalue weighted by Crippen LogP contribution is 2.28. The zero-order chi connectivity index (χ0) is 11.7. The first-order chi connectivity index (χ1) is 8.40. The lowest BCUT2D eigenvalue weighted by Crippen LogP contribution is -1.80. The maximum absolute atomic E-state index is 10.9. The minimum Gasteiger partial charge on any atom is -0.360 e. The largest absolute Gasteiger partial charge is 0.360 e. The lowest BCUT2D eigenvalue weighted by molar-refractivity contribution is 0.112. The minimum atomic E-state index is 0.706. The summed E-state index contributed by atoms with van der Waals surface area (Å²) in [5.74, 6) is 0. The van der Waals surface area contributed by atoms with Crippen LogP contribution in [0.1, 0.15) is 10.4 Å². The van der Waals surface area contributed by atoms with Gasteiger partial charge in [0.1, 0.15) is 0 Å². The Labute approximate surface area is 98.9 Å². The average molecular weight is 221 g/mol. The molecule has 0 aliphatic carbocycles. The zero-order valence-electron chi connectivity index (χ0n) is 9.18. The van der Waals surface area contributed by atoms with Crippen molar-refractivity contribution in [2.24, 2.45) is 0 Å². The van der Waals surface area contributed by atoms with Crippen molar-refractivity contribution in [1.29, 1.82) is 0 Å². The smallest absolute Gasteiger partial charge is 0.152 e. The number of carbonyl (C=O) groups excluding carboxylic acids is 1. The van der Waals surface area contributed by atoms with Crippen LogP contribution in [0.3, 0.4) is 0 Å². The van der Waals surface area contributed by atoms with Crippen molar-refractivity contribution in [3.8, 4) is 11.1 Å². The average Bonchev–Trinajstić information content (AvgIpc) is 2.82. The van der Waals surface area contributed by atoms with Gasteiger partial charge in [-0.1, -0.05) is 48.5 Å². The Kier molecular flexibility index (Phi) is 2.26. The van der Waals surface area contributed by atoms with Gasteiger partial charge < -0.3 is 4.98 Å². The Bertz CT molecular complexity index is 668. The van der Waals surface area contributed by atoms with Crippen LogP contribution in [0.4, 0.5) is 0 Å². The first kappa shape index (κ1) is 9.85. The molecule has 3 aromatic rings. The molecule has 0 fully saturated rings. The summed E-state index contributed by atoms with van der Waals surface area (Å²) in [6, 6.07) is 16.1. The molecule has 0 saturated heterocycles. The van der Waals surface area contributed by atoms with Gasteiger partial charge in [-0.3, -0.25) is 4.79 Å².